The number of nitrogen functional groups attached to an aromatic ring is 2. The molecule has 9 heteroatoms. The molecular weight excluding hydrogens is 376 g/mol. The summed E-state index contributed by atoms with van der Waals surface area (Å²) in [6, 6.07) is 0. The number of amidine groups is 1. The van der Waals surface area contributed by atoms with Gasteiger partial charge in [-0.25, -0.2) is 9.71 Å². The molecule has 8 nitrogen and oxygen atoms in total. The van der Waals surface area contributed by atoms with Gasteiger partial charge in [-0.15, -0.1) is 0 Å². The molecule has 3 rings (SSSR count). The Bertz CT molecular complexity index is 842. The molecule has 2 aliphatic rings. The van der Waals surface area contributed by atoms with Gasteiger partial charge in [-0.2, -0.15) is 0 Å². The number of rotatable bonds is 9. The second kappa shape index (κ2) is 9.02. The van der Waals surface area contributed by atoms with Gasteiger partial charge in [0.25, 0.3) is 0 Å². The van der Waals surface area contributed by atoms with E-state index in [9.17, 15) is 8.76 Å². The number of imidazole rings is 1. The van der Waals surface area contributed by atoms with Crippen LogP contribution in [0.15, 0.2) is 22.8 Å². The van der Waals surface area contributed by atoms with Gasteiger partial charge >= 0.3 is 0 Å². The number of hydrogen-bond acceptors (Lipinski definition) is 5. The lowest BCUT2D eigenvalue weighted by Gasteiger charge is -2.25. The lowest BCUT2D eigenvalue weighted by atomic mass is 9.81. The molecule has 0 amide bonds. The Morgan fingerprint density at radius 1 is 1.50 bits per heavy atom. The highest BCUT2D eigenvalue weighted by molar-refractivity contribution is 7.77. The molecule has 28 heavy (non-hydrogen) atoms. The van der Waals surface area contributed by atoms with Crippen LogP contribution in [-0.4, -0.2) is 30.7 Å². The highest BCUT2D eigenvalue weighted by Gasteiger charge is 2.26. The van der Waals surface area contributed by atoms with Crippen molar-refractivity contribution < 1.29 is 8.76 Å². The first-order valence-corrected chi connectivity index (χ1v) is 10.9. The van der Waals surface area contributed by atoms with Crippen molar-refractivity contribution >= 4 is 22.9 Å². The smallest absolute Gasteiger partial charge is 0.147 e. The molecule has 0 spiro atoms. The van der Waals surface area contributed by atoms with Crippen LogP contribution in [-0.2, 0) is 24.2 Å². The van der Waals surface area contributed by atoms with Gasteiger partial charge in [0.05, 0.1) is 0 Å². The monoisotopic (exact) mass is 405 g/mol. The summed E-state index contributed by atoms with van der Waals surface area (Å²) in [6.07, 6.45) is 9.44. The molecule has 2 unspecified atom stereocenters. The number of anilines is 1. The Hall–Kier alpha value is -1.97. The van der Waals surface area contributed by atoms with E-state index in [-0.39, 0.29) is 5.84 Å². The van der Waals surface area contributed by atoms with E-state index >= 15 is 0 Å². The van der Waals surface area contributed by atoms with Gasteiger partial charge in [-0.3, -0.25) is 9.62 Å². The van der Waals surface area contributed by atoms with Gasteiger partial charge in [0.15, 0.2) is 0 Å². The van der Waals surface area contributed by atoms with Crippen LogP contribution in [0, 0.1) is 11.3 Å². The van der Waals surface area contributed by atoms with Gasteiger partial charge in [-0.05, 0) is 50.0 Å². The fourth-order valence-corrected chi connectivity index (χ4v) is 4.59. The molecule has 0 bridgehead atoms. The fraction of sp³-hybridized carbons (Fsp3) is 0.579. The van der Waals surface area contributed by atoms with Gasteiger partial charge in [-0.1, -0.05) is 24.1 Å². The quantitative estimate of drug-likeness (QED) is 0.214. The van der Waals surface area contributed by atoms with Crippen LogP contribution >= 0.6 is 0 Å². The minimum Gasteiger partial charge on any atom is -0.760 e. The summed E-state index contributed by atoms with van der Waals surface area (Å²) in [5, 5.41) is 7.75. The largest absolute Gasteiger partial charge is 0.760 e. The third kappa shape index (κ3) is 4.53. The van der Waals surface area contributed by atoms with E-state index in [0.717, 1.165) is 25.1 Å². The van der Waals surface area contributed by atoms with Gasteiger partial charge in [0.2, 0.25) is 0 Å². The Balaban J connectivity index is 1.84. The minimum absolute atomic E-state index is 0.151. The van der Waals surface area contributed by atoms with E-state index in [1.165, 1.54) is 24.0 Å². The molecular formula is C19H29N6O2S-. The lowest BCUT2D eigenvalue weighted by molar-refractivity contribution is 0.515. The standard InChI is InChI=1S/C19H30N6O2S/c1-2-12-9-13-5-3-6-14(13)10-15(12)11-16-24-17(18(20)21)19(22)25(16)8-4-7-23-28(26)27/h10,12,23H,2-9,11,22H2,1H3,(H3,20,21)(H,26,27)/p-1. The third-order valence-electron chi connectivity index (χ3n) is 5.73. The molecule has 0 radical (unpaired) electrons. The van der Waals surface area contributed by atoms with E-state index in [0.29, 0.717) is 43.4 Å². The zero-order valence-corrected chi connectivity index (χ0v) is 17.1. The number of allylic oxidation sites excluding steroid dienone is 4. The maximum atomic E-state index is 10.6. The molecule has 1 aromatic rings. The van der Waals surface area contributed by atoms with Crippen molar-refractivity contribution in [2.24, 2.45) is 11.7 Å². The van der Waals surface area contributed by atoms with Crippen molar-refractivity contribution in [3.05, 3.63) is 34.3 Å². The normalized spacial score (nSPS) is 20.2. The molecule has 0 aromatic carbocycles. The van der Waals surface area contributed by atoms with E-state index in [4.69, 9.17) is 16.9 Å². The van der Waals surface area contributed by atoms with Crippen LogP contribution in [0.1, 0.15) is 57.0 Å². The number of nitrogens with zero attached hydrogens (tertiary/aromatic N) is 2. The summed E-state index contributed by atoms with van der Waals surface area (Å²) < 4.78 is 25.5. The van der Waals surface area contributed by atoms with Crippen molar-refractivity contribution in [3.8, 4) is 0 Å². The van der Waals surface area contributed by atoms with Crippen LogP contribution in [0.4, 0.5) is 5.82 Å². The van der Waals surface area contributed by atoms with Crippen LogP contribution in [0.2, 0.25) is 0 Å². The van der Waals surface area contributed by atoms with Crippen molar-refractivity contribution in [2.45, 2.75) is 58.4 Å². The third-order valence-corrected chi connectivity index (χ3v) is 6.17. The number of nitrogens with one attached hydrogen (secondary N) is 2. The maximum absolute atomic E-state index is 10.6. The Kier molecular flexibility index (Phi) is 6.69. The second-order valence-corrected chi connectivity index (χ2v) is 8.26. The number of hydrogen-bond donors (Lipinski definition) is 4. The molecule has 0 saturated carbocycles. The summed E-state index contributed by atoms with van der Waals surface area (Å²) in [7, 11) is 0. The van der Waals surface area contributed by atoms with Crippen molar-refractivity contribution in [1.29, 1.82) is 5.41 Å². The summed E-state index contributed by atoms with van der Waals surface area (Å²) in [5.74, 6) is 1.52. The Labute approximate surface area is 168 Å². The predicted molar refractivity (Wildman–Crippen MR) is 110 cm³/mol. The van der Waals surface area contributed by atoms with Crippen LogP contribution < -0.4 is 16.2 Å². The highest BCUT2D eigenvalue weighted by atomic mass is 32.2. The molecule has 0 fully saturated rings. The molecule has 1 aromatic heterocycles. The van der Waals surface area contributed by atoms with E-state index in [1.807, 2.05) is 4.57 Å². The predicted octanol–water partition coefficient (Wildman–Crippen LogP) is 1.90. The highest BCUT2D eigenvalue weighted by Crippen LogP contribution is 2.40. The van der Waals surface area contributed by atoms with E-state index in [1.54, 1.807) is 5.57 Å². The number of aromatic nitrogens is 2. The number of nitrogens with two attached hydrogens (primary N) is 2. The van der Waals surface area contributed by atoms with Gasteiger partial charge in [0.1, 0.15) is 23.2 Å². The Morgan fingerprint density at radius 2 is 2.29 bits per heavy atom. The van der Waals surface area contributed by atoms with E-state index < -0.39 is 11.3 Å². The SMILES string of the molecule is CCC1CC2=C(C=C1Cc1nc(C(=N)N)c(N)n1CCCNS(=O)[O-])CCC2. The lowest BCUT2D eigenvalue weighted by Crippen LogP contribution is -2.20. The summed E-state index contributed by atoms with van der Waals surface area (Å²) in [5.41, 5.74) is 16.6. The van der Waals surface area contributed by atoms with Gasteiger partial charge in [0, 0.05) is 30.8 Å². The fourth-order valence-electron chi connectivity index (χ4n) is 4.28. The van der Waals surface area contributed by atoms with Crippen molar-refractivity contribution in [3.63, 3.8) is 0 Å². The average molecular weight is 406 g/mol. The first-order chi connectivity index (χ1) is 13.4. The van der Waals surface area contributed by atoms with Crippen LogP contribution in [0.25, 0.3) is 0 Å². The van der Waals surface area contributed by atoms with Crippen molar-refractivity contribution in [2.75, 3.05) is 12.3 Å². The van der Waals surface area contributed by atoms with Crippen molar-refractivity contribution in [1.82, 2.24) is 14.3 Å². The van der Waals surface area contributed by atoms with E-state index in [2.05, 4.69) is 22.7 Å². The molecule has 2 aliphatic carbocycles. The second-order valence-electron chi connectivity index (χ2n) is 7.50. The van der Waals surface area contributed by atoms with Crippen LogP contribution in [0.5, 0.6) is 0 Å². The average Bonchev–Trinajstić information content (AvgIpc) is 3.22. The summed E-state index contributed by atoms with van der Waals surface area (Å²) >= 11 is -2.28. The molecule has 154 valence electrons. The molecule has 6 N–H and O–H groups in total. The molecule has 1 heterocycles. The first-order valence-electron chi connectivity index (χ1n) is 9.84. The summed E-state index contributed by atoms with van der Waals surface area (Å²) in [4.78, 5) is 4.56. The molecule has 2 atom stereocenters. The molecule has 0 saturated heterocycles. The molecule has 0 aliphatic heterocycles. The topological polar surface area (TPSA) is 146 Å². The minimum atomic E-state index is -2.28. The maximum Gasteiger partial charge on any atom is 0.147 e. The van der Waals surface area contributed by atoms with Crippen LogP contribution in [0.3, 0.4) is 0 Å². The zero-order chi connectivity index (χ0) is 20.3. The van der Waals surface area contributed by atoms with Gasteiger partial charge < -0.3 is 20.6 Å². The zero-order valence-electron chi connectivity index (χ0n) is 16.3. The summed E-state index contributed by atoms with van der Waals surface area (Å²) in [6.45, 7) is 3.05. The first kappa shape index (κ1) is 20.8. The Morgan fingerprint density at radius 3 is 2.96 bits per heavy atom.